The van der Waals surface area contributed by atoms with Crippen LogP contribution >= 0.6 is 11.6 Å². The van der Waals surface area contributed by atoms with Gasteiger partial charge < -0.3 is 15.3 Å². The van der Waals surface area contributed by atoms with Gasteiger partial charge in [-0.3, -0.25) is 14.9 Å². The monoisotopic (exact) mass is 315 g/mol. The smallest absolute Gasteiger partial charge is 0.321 e. The number of nitro benzene ring substituents is 1. The maximum atomic E-state index is 11.9. The van der Waals surface area contributed by atoms with Crippen LogP contribution in [0.3, 0.4) is 0 Å². The molecule has 0 heterocycles. The van der Waals surface area contributed by atoms with E-state index >= 15 is 0 Å². The molecule has 0 fully saturated rings. The van der Waals surface area contributed by atoms with Crippen molar-refractivity contribution in [3.8, 4) is 0 Å². The Morgan fingerprint density at radius 1 is 1.48 bits per heavy atom. The Morgan fingerprint density at radius 2 is 2.14 bits per heavy atom. The van der Waals surface area contributed by atoms with Crippen LogP contribution in [0.4, 0.5) is 16.2 Å². The van der Waals surface area contributed by atoms with Crippen LogP contribution < -0.4 is 5.32 Å². The number of aliphatic carboxylic acids is 1. The van der Waals surface area contributed by atoms with Gasteiger partial charge in [0.25, 0.3) is 5.69 Å². The highest BCUT2D eigenvalue weighted by Crippen LogP contribution is 2.27. The van der Waals surface area contributed by atoms with Crippen LogP contribution in [0, 0.1) is 10.1 Å². The first-order chi connectivity index (χ1) is 9.85. The Labute approximate surface area is 125 Å². The molecule has 0 aliphatic rings. The second-order valence-corrected chi connectivity index (χ2v) is 4.48. The third-order valence-corrected chi connectivity index (χ3v) is 2.98. The summed E-state index contributed by atoms with van der Waals surface area (Å²) in [4.78, 5) is 33.8. The first-order valence-electron chi connectivity index (χ1n) is 6.06. The zero-order valence-electron chi connectivity index (χ0n) is 11.2. The van der Waals surface area contributed by atoms with Gasteiger partial charge in [-0.2, -0.15) is 0 Å². The third kappa shape index (κ3) is 4.92. The molecule has 0 atom stereocenters. The molecule has 1 aromatic rings. The fourth-order valence-electron chi connectivity index (χ4n) is 1.57. The van der Waals surface area contributed by atoms with E-state index in [9.17, 15) is 19.7 Å². The second-order valence-electron chi connectivity index (χ2n) is 4.08. The number of halogens is 1. The van der Waals surface area contributed by atoms with Crippen molar-refractivity contribution in [3.05, 3.63) is 33.3 Å². The molecule has 1 aromatic carbocycles. The number of nitrogens with one attached hydrogen (secondary N) is 1. The van der Waals surface area contributed by atoms with Crippen molar-refractivity contribution < 1.29 is 19.6 Å². The molecule has 0 saturated heterocycles. The van der Waals surface area contributed by atoms with Crippen LogP contribution in [0.1, 0.15) is 13.3 Å². The number of hydrogen-bond donors (Lipinski definition) is 2. The van der Waals surface area contributed by atoms with E-state index in [-0.39, 0.29) is 29.4 Å². The fourth-order valence-corrected chi connectivity index (χ4v) is 1.75. The molecule has 0 aliphatic carbocycles. The van der Waals surface area contributed by atoms with Gasteiger partial charge in [0.2, 0.25) is 0 Å². The number of urea groups is 1. The molecule has 2 N–H and O–H groups in total. The minimum absolute atomic E-state index is 0.0313. The number of hydrogen-bond acceptors (Lipinski definition) is 4. The molecule has 21 heavy (non-hydrogen) atoms. The van der Waals surface area contributed by atoms with Crippen molar-refractivity contribution in [2.45, 2.75) is 13.3 Å². The SMILES string of the molecule is CCN(CCC(=O)O)C(=O)Nc1ccc(Cl)c([N+](=O)[O-])c1. The van der Waals surface area contributed by atoms with Crippen molar-refractivity contribution in [1.82, 2.24) is 4.90 Å². The molecule has 0 spiro atoms. The zero-order valence-corrected chi connectivity index (χ0v) is 12.0. The predicted octanol–water partition coefficient (Wildman–Crippen LogP) is 2.58. The maximum absolute atomic E-state index is 11.9. The molecule has 0 aliphatic heterocycles. The molecule has 9 heteroatoms. The number of benzene rings is 1. The van der Waals surface area contributed by atoms with Gasteiger partial charge >= 0.3 is 12.0 Å². The standard InChI is InChI=1S/C12H14ClN3O5/c1-2-15(6-5-11(17)18)12(19)14-8-3-4-9(13)10(7-8)16(20)21/h3-4,7H,2,5-6H2,1H3,(H,14,19)(H,17,18). The van der Waals surface area contributed by atoms with Crippen LogP contribution in [0.2, 0.25) is 5.02 Å². The first kappa shape index (κ1) is 16.7. The Hall–Kier alpha value is -2.35. The van der Waals surface area contributed by atoms with E-state index in [2.05, 4.69) is 5.32 Å². The summed E-state index contributed by atoms with van der Waals surface area (Å²) in [6, 6.07) is 3.35. The van der Waals surface area contributed by atoms with Crippen molar-refractivity contribution in [3.63, 3.8) is 0 Å². The molecule has 0 saturated carbocycles. The highest BCUT2D eigenvalue weighted by molar-refractivity contribution is 6.32. The van der Waals surface area contributed by atoms with Gasteiger partial charge in [0.1, 0.15) is 5.02 Å². The average molecular weight is 316 g/mol. The second kappa shape index (κ2) is 7.44. The van der Waals surface area contributed by atoms with Crippen LogP contribution in [-0.4, -0.2) is 40.0 Å². The predicted molar refractivity (Wildman–Crippen MR) is 76.6 cm³/mol. The molecule has 2 amide bonds. The quantitative estimate of drug-likeness (QED) is 0.618. The van der Waals surface area contributed by atoms with E-state index in [0.29, 0.717) is 6.54 Å². The zero-order chi connectivity index (χ0) is 16.0. The third-order valence-electron chi connectivity index (χ3n) is 2.66. The summed E-state index contributed by atoms with van der Waals surface area (Å²) in [6.07, 6.45) is -0.179. The normalized spacial score (nSPS) is 10.0. The molecule has 114 valence electrons. The number of carbonyl (C=O) groups is 2. The van der Waals surface area contributed by atoms with Crippen molar-refractivity contribution >= 4 is 35.0 Å². The Bertz CT molecular complexity index is 564. The van der Waals surface area contributed by atoms with Crippen molar-refractivity contribution in [2.24, 2.45) is 0 Å². The van der Waals surface area contributed by atoms with E-state index in [1.807, 2.05) is 0 Å². The molecular weight excluding hydrogens is 302 g/mol. The van der Waals surface area contributed by atoms with Gasteiger partial charge in [-0.25, -0.2) is 4.79 Å². The summed E-state index contributed by atoms with van der Waals surface area (Å²) >= 11 is 5.67. The summed E-state index contributed by atoms with van der Waals surface area (Å²) in [6.45, 7) is 2.06. The number of rotatable bonds is 6. The summed E-state index contributed by atoms with van der Waals surface area (Å²) in [7, 11) is 0. The number of nitrogens with zero attached hydrogens (tertiary/aromatic N) is 2. The number of nitro groups is 1. The molecule has 0 unspecified atom stereocenters. The minimum atomic E-state index is -1.01. The largest absolute Gasteiger partial charge is 0.481 e. The maximum Gasteiger partial charge on any atom is 0.321 e. The van der Waals surface area contributed by atoms with Crippen LogP contribution in [0.15, 0.2) is 18.2 Å². The topological polar surface area (TPSA) is 113 Å². The molecule has 1 rings (SSSR count). The van der Waals surface area contributed by atoms with Crippen molar-refractivity contribution in [2.75, 3.05) is 18.4 Å². The molecule has 0 radical (unpaired) electrons. The van der Waals surface area contributed by atoms with Gasteiger partial charge in [-0.1, -0.05) is 11.6 Å². The molecule has 8 nitrogen and oxygen atoms in total. The minimum Gasteiger partial charge on any atom is -0.481 e. The lowest BCUT2D eigenvalue weighted by molar-refractivity contribution is -0.384. The lowest BCUT2D eigenvalue weighted by Gasteiger charge is -2.20. The number of amides is 2. The van der Waals surface area contributed by atoms with Gasteiger partial charge in [0.15, 0.2) is 0 Å². The number of carboxylic acid groups (broad SMARTS) is 1. The lowest BCUT2D eigenvalue weighted by Crippen LogP contribution is -2.36. The van der Waals surface area contributed by atoms with E-state index < -0.39 is 16.9 Å². The van der Waals surface area contributed by atoms with E-state index in [4.69, 9.17) is 16.7 Å². The number of anilines is 1. The van der Waals surface area contributed by atoms with E-state index in [1.54, 1.807) is 6.92 Å². The van der Waals surface area contributed by atoms with Crippen molar-refractivity contribution in [1.29, 1.82) is 0 Å². The summed E-state index contributed by atoms with van der Waals surface area (Å²) < 4.78 is 0. The molecular formula is C12H14ClN3O5. The fraction of sp³-hybridized carbons (Fsp3) is 0.333. The highest BCUT2D eigenvalue weighted by Gasteiger charge is 2.16. The highest BCUT2D eigenvalue weighted by atomic mass is 35.5. The van der Waals surface area contributed by atoms with Gasteiger partial charge in [-0.15, -0.1) is 0 Å². The van der Waals surface area contributed by atoms with Crippen LogP contribution in [0.25, 0.3) is 0 Å². The van der Waals surface area contributed by atoms with Gasteiger partial charge in [0.05, 0.1) is 11.3 Å². The Morgan fingerprint density at radius 3 is 2.67 bits per heavy atom. The lowest BCUT2D eigenvalue weighted by atomic mass is 10.3. The Kier molecular flexibility index (Phi) is 5.92. The summed E-state index contributed by atoms with van der Waals surface area (Å²) in [5.74, 6) is -1.01. The number of carboxylic acids is 1. The molecule has 0 bridgehead atoms. The van der Waals surface area contributed by atoms with Crippen LogP contribution in [0.5, 0.6) is 0 Å². The average Bonchev–Trinajstić information content (AvgIpc) is 2.41. The van der Waals surface area contributed by atoms with Gasteiger partial charge in [-0.05, 0) is 19.1 Å². The molecule has 0 aromatic heterocycles. The number of carbonyl (C=O) groups excluding carboxylic acids is 1. The summed E-state index contributed by atoms with van der Waals surface area (Å²) in [5.41, 5.74) is -0.104. The van der Waals surface area contributed by atoms with E-state index in [0.717, 1.165) is 6.07 Å². The van der Waals surface area contributed by atoms with Gasteiger partial charge in [0, 0.05) is 24.8 Å². The first-order valence-corrected chi connectivity index (χ1v) is 6.44. The van der Waals surface area contributed by atoms with Crippen LogP contribution in [-0.2, 0) is 4.79 Å². The Balaban J connectivity index is 2.79. The van der Waals surface area contributed by atoms with E-state index in [1.165, 1.54) is 17.0 Å². The summed E-state index contributed by atoms with van der Waals surface area (Å²) in [5, 5.41) is 21.8.